The molecular formula is C38H27NO. The fourth-order valence-electron chi connectivity index (χ4n) is 4.76. The monoisotopic (exact) mass is 523 g/mol. The van der Waals surface area contributed by atoms with Crippen LogP contribution in [-0.2, 0) is 0 Å². The van der Waals surface area contributed by atoms with E-state index in [0.717, 1.165) is 22.2 Å². The van der Waals surface area contributed by atoms with Gasteiger partial charge in [0, 0.05) is 22.3 Å². The molecule has 0 aliphatic rings. The molecule has 0 aliphatic carbocycles. The summed E-state index contributed by atoms with van der Waals surface area (Å²) in [5.74, 6) is 0.637. The van der Waals surface area contributed by atoms with Crippen molar-refractivity contribution in [2.75, 3.05) is 4.90 Å². The number of anilines is 3. The van der Waals surface area contributed by atoms with E-state index in [2.05, 4.69) is 0 Å². The van der Waals surface area contributed by atoms with Crippen LogP contribution in [0.5, 0.6) is 0 Å². The van der Waals surface area contributed by atoms with Crippen molar-refractivity contribution in [1.82, 2.24) is 0 Å². The summed E-state index contributed by atoms with van der Waals surface area (Å²) >= 11 is 0. The van der Waals surface area contributed by atoms with Crippen LogP contribution in [0.25, 0.3) is 44.5 Å². The van der Waals surface area contributed by atoms with Crippen LogP contribution in [0.4, 0.5) is 17.1 Å². The van der Waals surface area contributed by atoms with Gasteiger partial charge in [-0.25, -0.2) is 0 Å². The van der Waals surface area contributed by atoms with Crippen molar-refractivity contribution in [3.8, 4) is 33.6 Å². The van der Waals surface area contributed by atoms with Gasteiger partial charge in [-0.1, -0.05) is 115 Å². The van der Waals surface area contributed by atoms with Crippen molar-refractivity contribution in [1.29, 1.82) is 0 Å². The lowest BCUT2D eigenvalue weighted by atomic mass is 10.0. The Hall–Kier alpha value is -5.34. The molecule has 0 fully saturated rings. The zero-order chi connectivity index (χ0) is 35.4. The first-order valence-electron chi connectivity index (χ1n) is 17.7. The number of hydrogen-bond donors (Lipinski definition) is 0. The molecule has 0 spiro atoms. The smallest absolute Gasteiger partial charge is 0.137 e. The largest absolute Gasteiger partial charge is 0.456 e. The van der Waals surface area contributed by atoms with Gasteiger partial charge in [0.25, 0.3) is 0 Å². The van der Waals surface area contributed by atoms with E-state index in [9.17, 15) is 0 Å². The fourth-order valence-corrected chi connectivity index (χ4v) is 4.76. The Morgan fingerprint density at radius 3 is 1.60 bits per heavy atom. The molecule has 2 heteroatoms. The van der Waals surface area contributed by atoms with Gasteiger partial charge in [-0.3, -0.25) is 0 Å². The van der Waals surface area contributed by atoms with Crippen molar-refractivity contribution >= 4 is 28.0 Å². The Morgan fingerprint density at radius 1 is 0.500 bits per heavy atom. The highest BCUT2D eigenvalue weighted by atomic mass is 16.3. The lowest BCUT2D eigenvalue weighted by Gasteiger charge is -2.27. The molecule has 0 radical (unpaired) electrons. The van der Waals surface area contributed by atoms with Crippen LogP contribution >= 0.6 is 0 Å². The number of para-hydroxylation sites is 2. The van der Waals surface area contributed by atoms with Crippen molar-refractivity contribution in [2.24, 2.45) is 0 Å². The Balaban J connectivity index is 1.39. The minimum absolute atomic E-state index is 0.0970. The Morgan fingerprint density at radius 2 is 1.02 bits per heavy atom. The highest BCUT2D eigenvalue weighted by Gasteiger charge is 2.19. The molecule has 2 nitrogen and oxygen atoms in total. The van der Waals surface area contributed by atoms with Crippen LogP contribution in [0, 0.1) is 0 Å². The second kappa shape index (κ2) is 10.4. The molecule has 0 N–H and O–H groups in total. The van der Waals surface area contributed by atoms with E-state index in [0.29, 0.717) is 28.3 Å². The van der Waals surface area contributed by atoms with Crippen LogP contribution in [-0.4, -0.2) is 0 Å². The molecule has 0 saturated carbocycles. The second-order valence-electron chi connectivity index (χ2n) is 9.09. The number of furan rings is 1. The molecule has 0 unspecified atom stereocenters. The lowest BCUT2D eigenvalue weighted by molar-refractivity contribution is 0.631. The maximum atomic E-state index is 8.45. The van der Waals surface area contributed by atoms with Crippen molar-refractivity contribution < 1.29 is 18.1 Å². The minimum atomic E-state index is -0.458. The number of fused-ring (bicyclic) bond motifs is 1. The van der Waals surface area contributed by atoms with Crippen LogP contribution < -0.4 is 4.90 Å². The zero-order valence-corrected chi connectivity index (χ0v) is 21.2. The Kier molecular flexibility index (Phi) is 3.99. The van der Waals surface area contributed by atoms with Gasteiger partial charge < -0.3 is 9.32 Å². The Labute approximate surface area is 248 Å². The third-order valence-electron chi connectivity index (χ3n) is 6.66. The van der Waals surface area contributed by atoms with Gasteiger partial charge >= 0.3 is 0 Å². The molecular weight excluding hydrogens is 486 g/mol. The summed E-state index contributed by atoms with van der Waals surface area (Å²) < 4.78 is 88.5. The summed E-state index contributed by atoms with van der Waals surface area (Å²) in [4.78, 5) is 1.97. The molecule has 0 bridgehead atoms. The molecule has 6 aromatic carbocycles. The van der Waals surface area contributed by atoms with E-state index in [1.807, 2.05) is 59.5 Å². The van der Waals surface area contributed by atoms with E-state index >= 15 is 0 Å². The fraction of sp³-hybridized carbons (Fsp3) is 0. The predicted molar refractivity (Wildman–Crippen MR) is 167 cm³/mol. The second-order valence-corrected chi connectivity index (χ2v) is 9.09. The number of hydrogen-bond acceptors (Lipinski definition) is 2. The van der Waals surface area contributed by atoms with Crippen LogP contribution in [0.3, 0.4) is 0 Å². The molecule has 0 aliphatic heterocycles. The normalized spacial score (nSPS) is 14.5. The van der Waals surface area contributed by atoms with Crippen molar-refractivity contribution in [3.63, 3.8) is 0 Å². The maximum absolute atomic E-state index is 8.45. The highest BCUT2D eigenvalue weighted by molar-refractivity contribution is 5.91. The first-order chi connectivity index (χ1) is 24.0. The van der Waals surface area contributed by atoms with E-state index in [4.69, 9.17) is 18.1 Å². The summed E-state index contributed by atoms with van der Waals surface area (Å²) in [5.41, 5.74) is 4.72. The van der Waals surface area contributed by atoms with E-state index in [-0.39, 0.29) is 35.3 Å². The summed E-state index contributed by atoms with van der Waals surface area (Å²) in [5, 5.41) is 0.940. The molecule has 0 atom stereocenters. The van der Waals surface area contributed by atoms with Crippen molar-refractivity contribution in [3.05, 3.63) is 164 Å². The SMILES string of the molecule is [2H]c1c([2H])c([2H])c(-c2ccc(N(c3ccc(-c4c([2H])c([2H])c([2H])c([2H])c4[2H])cc3)c3ccccc3-c3cc4ccccc4o3)cc2)c([2H])c1[2H]. The minimum Gasteiger partial charge on any atom is -0.456 e. The average molecular weight is 524 g/mol. The molecule has 1 aromatic heterocycles. The first-order valence-corrected chi connectivity index (χ1v) is 12.7. The number of nitrogens with zero attached hydrogens (tertiary/aromatic N) is 1. The average Bonchev–Trinajstić information content (AvgIpc) is 3.58. The topological polar surface area (TPSA) is 16.4 Å². The van der Waals surface area contributed by atoms with Gasteiger partial charge in [0.15, 0.2) is 0 Å². The summed E-state index contributed by atoms with van der Waals surface area (Å²) in [6.07, 6.45) is 0. The van der Waals surface area contributed by atoms with Crippen molar-refractivity contribution in [2.45, 2.75) is 0 Å². The molecule has 7 rings (SSSR count). The summed E-state index contributed by atoms with van der Waals surface area (Å²) in [6, 6.07) is 27.7. The van der Waals surface area contributed by atoms with E-state index in [1.54, 1.807) is 48.5 Å². The quantitative estimate of drug-likeness (QED) is 0.215. The van der Waals surface area contributed by atoms with Crippen LogP contribution in [0.15, 0.2) is 168 Å². The van der Waals surface area contributed by atoms with Crippen LogP contribution in [0.1, 0.15) is 13.7 Å². The van der Waals surface area contributed by atoms with E-state index < -0.39 is 36.3 Å². The lowest BCUT2D eigenvalue weighted by Crippen LogP contribution is -2.11. The predicted octanol–water partition coefficient (Wildman–Crippen LogP) is 10.9. The number of rotatable bonds is 6. The third-order valence-corrected chi connectivity index (χ3v) is 6.66. The third kappa shape index (κ3) is 4.57. The van der Waals surface area contributed by atoms with Gasteiger partial charge in [-0.15, -0.1) is 0 Å². The van der Waals surface area contributed by atoms with Gasteiger partial charge in [0.1, 0.15) is 11.3 Å². The van der Waals surface area contributed by atoms with Gasteiger partial charge in [-0.2, -0.15) is 0 Å². The van der Waals surface area contributed by atoms with Gasteiger partial charge in [0.05, 0.1) is 19.4 Å². The standard InChI is InChI=1S/C38H27NO/c1-3-11-28(12-4-1)30-19-23-33(24-20-30)39(34-25-21-31(22-26-34)29-13-5-2-6-14-29)36-17-9-8-16-35(36)38-27-32-15-7-10-18-37(32)40-38/h1-27H/i1D,2D,3D,4D,5D,6D,11D,12D,13D,14D. The molecule has 40 heavy (non-hydrogen) atoms. The van der Waals surface area contributed by atoms with Gasteiger partial charge in [0.2, 0.25) is 0 Å². The maximum Gasteiger partial charge on any atom is 0.137 e. The molecule has 0 amide bonds. The Bertz CT molecular complexity index is 2240. The highest BCUT2D eigenvalue weighted by Crippen LogP contribution is 2.42. The first kappa shape index (κ1) is 15.3. The summed E-state index contributed by atoms with van der Waals surface area (Å²) in [7, 11) is 0. The number of benzene rings is 6. The van der Waals surface area contributed by atoms with E-state index in [1.165, 1.54) is 0 Å². The van der Waals surface area contributed by atoms with Gasteiger partial charge in [-0.05, 0) is 70.8 Å². The zero-order valence-electron chi connectivity index (χ0n) is 31.2. The summed E-state index contributed by atoms with van der Waals surface area (Å²) in [6.45, 7) is 0. The molecule has 1 heterocycles. The molecule has 0 saturated heterocycles. The molecule has 190 valence electrons. The van der Waals surface area contributed by atoms with Crippen LogP contribution in [0.2, 0.25) is 0 Å². The molecule has 7 aromatic rings.